The molecule has 0 bridgehead atoms. The summed E-state index contributed by atoms with van der Waals surface area (Å²) in [6.45, 7) is 1.27. The van der Waals surface area contributed by atoms with Gasteiger partial charge in [-0.3, -0.25) is 14.2 Å². The number of carbonyl (C=O) groups excluding carboxylic acids is 1. The van der Waals surface area contributed by atoms with Crippen LogP contribution in [0.25, 0.3) is 10.9 Å². The minimum absolute atomic E-state index is 0.126. The quantitative estimate of drug-likeness (QED) is 0.764. The van der Waals surface area contributed by atoms with Crippen LogP contribution in [0.4, 0.5) is 0 Å². The molecule has 1 aromatic carbocycles. The Morgan fingerprint density at radius 3 is 2.72 bits per heavy atom. The van der Waals surface area contributed by atoms with E-state index in [0.29, 0.717) is 10.9 Å². The molecule has 0 radical (unpaired) electrons. The fourth-order valence-corrected chi connectivity index (χ4v) is 2.87. The van der Waals surface area contributed by atoms with E-state index in [1.165, 1.54) is 4.90 Å². The van der Waals surface area contributed by atoms with Gasteiger partial charge in [-0.25, -0.2) is 9.59 Å². The molecule has 2 atom stereocenters. The predicted molar refractivity (Wildman–Crippen MR) is 87.4 cm³/mol. The molecule has 9 nitrogen and oxygen atoms in total. The molecule has 2 N–H and O–H groups in total. The molecule has 2 heterocycles. The number of carbonyl (C=O) groups is 2. The average Bonchev–Trinajstić information content (AvgIpc) is 2.57. The molecule has 0 aliphatic carbocycles. The molecular weight excluding hydrogens is 330 g/mol. The van der Waals surface area contributed by atoms with Crippen molar-refractivity contribution in [3.05, 3.63) is 45.1 Å². The number of nitrogens with zero attached hydrogens (tertiary/aromatic N) is 2. The maximum Gasteiger partial charge on any atom is 0.334 e. The molecule has 0 saturated carbocycles. The van der Waals surface area contributed by atoms with Crippen LogP contribution in [0.1, 0.15) is 6.92 Å². The van der Waals surface area contributed by atoms with Gasteiger partial charge in [0.05, 0.1) is 23.6 Å². The molecule has 1 aliphatic rings. The van der Waals surface area contributed by atoms with Gasteiger partial charge >= 0.3 is 11.7 Å². The number of morpholine rings is 1. The average molecular weight is 347 g/mol. The number of amides is 1. The number of para-hydroxylation sites is 1. The second-order valence-electron chi connectivity index (χ2n) is 5.94. The summed E-state index contributed by atoms with van der Waals surface area (Å²) in [6.07, 6.45) is -1.58. The van der Waals surface area contributed by atoms with Crippen LogP contribution in [0.5, 0.6) is 0 Å². The van der Waals surface area contributed by atoms with E-state index in [9.17, 15) is 19.2 Å². The van der Waals surface area contributed by atoms with Crippen LogP contribution < -0.4 is 11.2 Å². The predicted octanol–water partition coefficient (Wildman–Crippen LogP) is -0.610. The lowest BCUT2D eigenvalue weighted by atomic mass is 10.2. The lowest BCUT2D eigenvalue weighted by Crippen LogP contribution is -2.53. The monoisotopic (exact) mass is 347 g/mol. The molecule has 1 unspecified atom stereocenters. The van der Waals surface area contributed by atoms with Crippen LogP contribution in [0.15, 0.2) is 33.9 Å². The maximum absolute atomic E-state index is 12.5. The number of aliphatic carboxylic acids is 1. The third-order valence-corrected chi connectivity index (χ3v) is 4.07. The van der Waals surface area contributed by atoms with Crippen LogP contribution in [0, 0.1) is 0 Å². The first-order chi connectivity index (χ1) is 11.9. The fourth-order valence-electron chi connectivity index (χ4n) is 2.87. The summed E-state index contributed by atoms with van der Waals surface area (Å²) >= 11 is 0. The zero-order valence-electron chi connectivity index (χ0n) is 13.5. The van der Waals surface area contributed by atoms with E-state index in [0.717, 1.165) is 4.57 Å². The molecule has 3 rings (SSSR count). The maximum atomic E-state index is 12.5. The second kappa shape index (κ2) is 6.52. The number of hydrogen-bond donors (Lipinski definition) is 2. The Hall–Kier alpha value is -2.94. The largest absolute Gasteiger partial charge is 0.479 e. The van der Waals surface area contributed by atoms with Gasteiger partial charge < -0.3 is 19.7 Å². The highest BCUT2D eigenvalue weighted by molar-refractivity contribution is 5.80. The van der Waals surface area contributed by atoms with Crippen molar-refractivity contribution in [3.8, 4) is 0 Å². The lowest BCUT2D eigenvalue weighted by molar-refractivity contribution is -0.166. The minimum atomic E-state index is -1.16. The molecule has 1 saturated heterocycles. The Kier molecular flexibility index (Phi) is 4.41. The minimum Gasteiger partial charge on any atom is -0.479 e. The van der Waals surface area contributed by atoms with Gasteiger partial charge in [-0.05, 0) is 19.1 Å². The van der Waals surface area contributed by atoms with Crippen LogP contribution in [-0.4, -0.2) is 56.7 Å². The highest BCUT2D eigenvalue weighted by Crippen LogP contribution is 2.12. The number of aromatic nitrogens is 2. The van der Waals surface area contributed by atoms with Crippen molar-refractivity contribution >= 4 is 22.8 Å². The van der Waals surface area contributed by atoms with Gasteiger partial charge in [0.25, 0.3) is 5.56 Å². The highest BCUT2D eigenvalue weighted by atomic mass is 16.5. The lowest BCUT2D eigenvalue weighted by Gasteiger charge is -2.34. The van der Waals surface area contributed by atoms with Gasteiger partial charge in [-0.1, -0.05) is 12.1 Å². The van der Waals surface area contributed by atoms with Gasteiger partial charge in [-0.2, -0.15) is 0 Å². The number of nitrogens with one attached hydrogen (secondary N) is 1. The zero-order valence-corrected chi connectivity index (χ0v) is 13.5. The molecule has 1 aliphatic heterocycles. The second-order valence-corrected chi connectivity index (χ2v) is 5.94. The molecule has 1 fully saturated rings. The molecule has 1 amide bonds. The third kappa shape index (κ3) is 3.31. The van der Waals surface area contributed by atoms with E-state index in [1.807, 2.05) is 0 Å². The van der Waals surface area contributed by atoms with Gasteiger partial charge in [-0.15, -0.1) is 0 Å². The van der Waals surface area contributed by atoms with Gasteiger partial charge in [0.1, 0.15) is 6.54 Å². The number of aromatic amines is 1. The molecular formula is C16H17N3O6. The van der Waals surface area contributed by atoms with Crippen molar-refractivity contribution in [2.24, 2.45) is 0 Å². The smallest absolute Gasteiger partial charge is 0.334 e. The Bertz CT molecular complexity index is 947. The first kappa shape index (κ1) is 16.9. The summed E-state index contributed by atoms with van der Waals surface area (Å²) in [7, 11) is 0. The van der Waals surface area contributed by atoms with Crippen molar-refractivity contribution in [3.63, 3.8) is 0 Å². The van der Waals surface area contributed by atoms with Crippen LogP contribution in [-0.2, 0) is 20.9 Å². The van der Waals surface area contributed by atoms with Crippen molar-refractivity contribution in [1.29, 1.82) is 0 Å². The fraction of sp³-hybridized carbons (Fsp3) is 0.375. The van der Waals surface area contributed by atoms with Crippen molar-refractivity contribution in [1.82, 2.24) is 14.5 Å². The summed E-state index contributed by atoms with van der Waals surface area (Å²) in [5, 5.41) is 9.38. The first-order valence-electron chi connectivity index (χ1n) is 7.74. The van der Waals surface area contributed by atoms with E-state index in [2.05, 4.69) is 4.98 Å². The first-order valence-corrected chi connectivity index (χ1v) is 7.74. The summed E-state index contributed by atoms with van der Waals surface area (Å²) in [4.78, 5) is 52.0. The van der Waals surface area contributed by atoms with Crippen LogP contribution in [0.3, 0.4) is 0 Å². The Morgan fingerprint density at radius 1 is 1.28 bits per heavy atom. The van der Waals surface area contributed by atoms with E-state index >= 15 is 0 Å². The number of carboxylic acid groups (broad SMARTS) is 1. The molecule has 132 valence electrons. The van der Waals surface area contributed by atoms with Gasteiger partial charge in [0.2, 0.25) is 5.91 Å². The number of carboxylic acids is 1. The summed E-state index contributed by atoms with van der Waals surface area (Å²) in [5.74, 6) is -1.67. The van der Waals surface area contributed by atoms with Crippen molar-refractivity contribution in [2.45, 2.75) is 25.7 Å². The van der Waals surface area contributed by atoms with E-state index in [1.54, 1.807) is 31.2 Å². The molecule has 0 spiro atoms. The molecule has 9 heteroatoms. The van der Waals surface area contributed by atoms with Crippen LogP contribution >= 0.6 is 0 Å². The summed E-state index contributed by atoms with van der Waals surface area (Å²) in [5.41, 5.74) is -0.857. The zero-order chi connectivity index (χ0) is 18.1. The normalized spacial score (nSPS) is 20.6. The number of rotatable bonds is 3. The Balaban J connectivity index is 1.88. The SMILES string of the molecule is C[C@@H]1CN(C(=O)Cn2c(=O)[nH]c3ccccc3c2=O)CC(C(=O)O)O1. The van der Waals surface area contributed by atoms with Crippen molar-refractivity contribution in [2.75, 3.05) is 13.1 Å². The number of ether oxygens (including phenoxy) is 1. The standard InChI is InChI=1S/C16H17N3O6/c1-9-6-18(7-12(25-9)15(22)23)13(20)8-19-14(21)10-4-2-3-5-11(10)17-16(19)24/h2-5,9,12H,6-8H2,1H3,(H,17,24)(H,22,23)/t9-,12?/m1/s1. The Labute approximate surface area is 141 Å². The number of hydrogen-bond acceptors (Lipinski definition) is 5. The van der Waals surface area contributed by atoms with Gasteiger partial charge in [0.15, 0.2) is 6.10 Å². The summed E-state index contributed by atoms with van der Waals surface area (Å²) in [6, 6.07) is 6.51. The van der Waals surface area contributed by atoms with Gasteiger partial charge in [0, 0.05) is 6.54 Å². The Morgan fingerprint density at radius 2 is 2.00 bits per heavy atom. The van der Waals surface area contributed by atoms with E-state index < -0.39 is 41.9 Å². The number of fused-ring (bicyclic) bond motifs is 1. The molecule has 1 aromatic heterocycles. The number of H-pyrrole nitrogens is 1. The van der Waals surface area contributed by atoms with Crippen LogP contribution in [0.2, 0.25) is 0 Å². The molecule has 25 heavy (non-hydrogen) atoms. The number of benzene rings is 1. The third-order valence-electron chi connectivity index (χ3n) is 4.07. The van der Waals surface area contributed by atoms with E-state index in [4.69, 9.17) is 9.84 Å². The van der Waals surface area contributed by atoms with Crippen molar-refractivity contribution < 1.29 is 19.4 Å². The highest BCUT2D eigenvalue weighted by Gasteiger charge is 2.32. The van der Waals surface area contributed by atoms with E-state index in [-0.39, 0.29) is 13.1 Å². The molecule has 2 aromatic rings. The summed E-state index contributed by atoms with van der Waals surface area (Å²) < 4.78 is 6.07. The topological polar surface area (TPSA) is 122 Å².